The maximum Gasteiger partial charge on any atom is 0.226 e. The van der Waals surface area contributed by atoms with E-state index >= 15 is 0 Å². The summed E-state index contributed by atoms with van der Waals surface area (Å²) in [5.74, 6) is 0.638. The second-order valence-electron chi connectivity index (χ2n) is 5.94. The SMILES string of the molecule is COc1cc(Cl)c(C)cc1NC(=O)CCN(C(C)=O)c1ccccc1OC. The predicted molar refractivity (Wildman–Crippen MR) is 107 cm³/mol. The molecule has 0 aromatic heterocycles. The van der Waals surface area contributed by atoms with Crippen LogP contribution in [0.2, 0.25) is 5.02 Å². The van der Waals surface area contributed by atoms with E-state index in [1.165, 1.54) is 18.9 Å². The monoisotopic (exact) mass is 390 g/mol. The van der Waals surface area contributed by atoms with Crippen LogP contribution in [0.25, 0.3) is 0 Å². The molecular weight excluding hydrogens is 368 g/mol. The number of hydrogen-bond acceptors (Lipinski definition) is 4. The van der Waals surface area contributed by atoms with Crippen molar-refractivity contribution in [3.8, 4) is 11.5 Å². The third kappa shape index (κ3) is 5.14. The zero-order valence-electron chi connectivity index (χ0n) is 15.8. The molecule has 6 nitrogen and oxygen atoms in total. The van der Waals surface area contributed by atoms with Crippen LogP contribution in [0.3, 0.4) is 0 Å². The predicted octanol–water partition coefficient (Wildman–Crippen LogP) is 4.05. The zero-order chi connectivity index (χ0) is 20.0. The van der Waals surface area contributed by atoms with Gasteiger partial charge in [0.15, 0.2) is 0 Å². The third-order valence-electron chi connectivity index (χ3n) is 4.07. The number of aryl methyl sites for hydroxylation is 1. The van der Waals surface area contributed by atoms with Gasteiger partial charge in [0.1, 0.15) is 11.5 Å². The number of hydrogen-bond donors (Lipinski definition) is 1. The van der Waals surface area contributed by atoms with Crippen LogP contribution in [0.1, 0.15) is 18.9 Å². The number of benzene rings is 2. The minimum atomic E-state index is -0.240. The van der Waals surface area contributed by atoms with Crippen LogP contribution < -0.4 is 19.7 Å². The smallest absolute Gasteiger partial charge is 0.226 e. The average molecular weight is 391 g/mol. The Balaban J connectivity index is 2.11. The number of nitrogens with zero attached hydrogens (tertiary/aromatic N) is 1. The highest BCUT2D eigenvalue weighted by Crippen LogP contribution is 2.31. The normalized spacial score (nSPS) is 10.3. The Morgan fingerprint density at radius 2 is 1.78 bits per heavy atom. The molecule has 7 heteroatoms. The zero-order valence-corrected chi connectivity index (χ0v) is 16.6. The fourth-order valence-corrected chi connectivity index (χ4v) is 2.81. The number of rotatable bonds is 7. The molecule has 144 valence electrons. The molecule has 0 saturated heterocycles. The molecule has 0 unspecified atom stereocenters. The summed E-state index contributed by atoms with van der Waals surface area (Å²) in [6, 6.07) is 10.6. The van der Waals surface area contributed by atoms with E-state index in [1.54, 1.807) is 31.4 Å². The van der Waals surface area contributed by atoms with E-state index in [-0.39, 0.29) is 24.8 Å². The second-order valence-corrected chi connectivity index (χ2v) is 6.35. The van der Waals surface area contributed by atoms with E-state index in [1.807, 2.05) is 19.1 Å². The van der Waals surface area contributed by atoms with Crippen molar-refractivity contribution in [2.75, 3.05) is 31.0 Å². The number of carbonyl (C=O) groups is 2. The fraction of sp³-hybridized carbons (Fsp3) is 0.300. The number of methoxy groups -OCH3 is 2. The van der Waals surface area contributed by atoms with Crippen LogP contribution in [0.5, 0.6) is 11.5 Å². The highest BCUT2D eigenvalue weighted by atomic mass is 35.5. The van der Waals surface area contributed by atoms with Crippen LogP contribution in [0.4, 0.5) is 11.4 Å². The lowest BCUT2D eigenvalue weighted by Gasteiger charge is -2.23. The van der Waals surface area contributed by atoms with Crippen molar-refractivity contribution in [2.24, 2.45) is 0 Å². The summed E-state index contributed by atoms with van der Waals surface area (Å²) < 4.78 is 10.6. The molecule has 0 aliphatic rings. The Labute approximate surface area is 164 Å². The quantitative estimate of drug-likeness (QED) is 0.774. The largest absolute Gasteiger partial charge is 0.495 e. The van der Waals surface area contributed by atoms with Gasteiger partial charge in [0.2, 0.25) is 11.8 Å². The van der Waals surface area contributed by atoms with Gasteiger partial charge in [-0.15, -0.1) is 0 Å². The molecule has 0 radical (unpaired) electrons. The molecule has 2 aromatic carbocycles. The van der Waals surface area contributed by atoms with Crippen molar-refractivity contribution in [3.05, 3.63) is 47.0 Å². The molecule has 0 aliphatic carbocycles. The summed E-state index contributed by atoms with van der Waals surface area (Å²) >= 11 is 6.09. The van der Waals surface area contributed by atoms with Crippen LogP contribution >= 0.6 is 11.6 Å². The Bertz CT molecular complexity index is 839. The second kappa shape index (κ2) is 9.28. The number of carbonyl (C=O) groups excluding carboxylic acids is 2. The molecule has 0 saturated carbocycles. The maximum atomic E-state index is 12.4. The molecule has 0 bridgehead atoms. The van der Waals surface area contributed by atoms with E-state index in [4.69, 9.17) is 21.1 Å². The molecule has 0 heterocycles. The lowest BCUT2D eigenvalue weighted by atomic mass is 10.2. The van der Waals surface area contributed by atoms with Crippen molar-refractivity contribution in [3.63, 3.8) is 0 Å². The van der Waals surface area contributed by atoms with E-state index in [0.29, 0.717) is 27.9 Å². The van der Waals surface area contributed by atoms with Crippen molar-refractivity contribution in [1.82, 2.24) is 0 Å². The van der Waals surface area contributed by atoms with Gasteiger partial charge in [0, 0.05) is 31.0 Å². The highest BCUT2D eigenvalue weighted by molar-refractivity contribution is 6.31. The minimum absolute atomic E-state index is 0.114. The van der Waals surface area contributed by atoms with E-state index in [2.05, 4.69) is 5.32 Å². The standard InChI is InChI=1S/C20H23ClN2O4/c1-13-11-16(19(27-4)12-15(13)21)22-20(25)9-10-23(14(2)24)17-7-5-6-8-18(17)26-3/h5-8,11-12H,9-10H2,1-4H3,(H,22,25). The van der Waals surface area contributed by atoms with Crippen LogP contribution in [0, 0.1) is 6.92 Å². The van der Waals surface area contributed by atoms with Crippen molar-refractivity contribution in [2.45, 2.75) is 20.3 Å². The molecule has 27 heavy (non-hydrogen) atoms. The molecule has 0 atom stereocenters. The van der Waals surface area contributed by atoms with E-state index in [9.17, 15) is 9.59 Å². The first-order valence-electron chi connectivity index (χ1n) is 8.42. The van der Waals surface area contributed by atoms with Gasteiger partial charge in [-0.1, -0.05) is 23.7 Å². The Hall–Kier alpha value is -2.73. The molecular formula is C20H23ClN2O4. The summed E-state index contributed by atoms with van der Waals surface area (Å²) in [5.41, 5.74) is 1.99. The number of anilines is 2. The number of nitrogens with one attached hydrogen (secondary N) is 1. The number of ether oxygens (including phenoxy) is 2. The maximum absolute atomic E-state index is 12.4. The van der Waals surface area contributed by atoms with Crippen LogP contribution in [0.15, 0.2) is 36.4 Å². The Morgan fingerprint density at radius 1 is 1.11 bits per heavy atom. The van der Waals surface area contributed by atoms with Gasteiger partial charge in [-0.25, -0.2) is 0 Å². The topological polar surface area (TPSA) is 67.9 Å². The van der Waals surface area contributed by atoms with Gasteiger partial charge >= 0.3 is 0 Å². The van der Waals surface area contributed by atoms with Gasteiger partial charge < -0.3 is 19.7 Å². The summed E-state index contributed by atoms with van der Waals surface area (Å²) in [5, 5.41) is 3.37. The number of halogens is 1. The van der Waals surface area contributed by atoms with Crippen LogP contribution in [-0.2, 0) is 9.59 Å². The van der Waals surface area contributed by atoms with Crippen molar-refractivity contribution in [1.29, 1.82) is 0 Å². The molecule has 2 rings (SSSR count). The summed E-state index contributed by atoms with van der Waals surface area (Å²) in [4.78, 5) is 26.0. The number of amides is 2. The first-order valence-corrected chi connectivity index (χ1v) is 8.80. The summed E-state index contributed by atoms with van der Waals surface area (Å²) in [6.45, 7) is 3.52. The van der Waals surface area contributed by atoms with Gasteiger partial charge in [0.25, 0.3) is 0 Å². The van der Waals surface area contributed by atoms with Crippen molar-refractivity contribution < 1.29 is 19.1 Å². The lowest BCUT2D eigenvalue weighted by Crippen LogP contribution is -2.32. The minimum Gasteiger partial charge on any atom is -0.495 e. The van der Waals surface area contributed by atoms with E-state index in [0.717, 1.165) is 5.56 Å². The van der Waals surface area contributed by atoms with Crippen LogP contribution in [-0.4, -0.2) is 32.6 Å². The summed E-state index contributed by atoms with van der Waals surface area (Å²) in [6.07, 6.45) is 0.114. The van der Waals surface area contributed by atoms with Crippen molar-refractivity contribution >= 4 is 34.8 Å². The molecule has 0 spiro atoms. The average Bonchev–Trinajstić information content (AvgIpc) is 2.64. The first kappa shape index (κ1) is 20.6. The van der Waals surface area contributed by atoms with Gasteiger partial charge in [-0.05, 0) is 30.7 Å². The highest BCUT2D eigenvalue weighted by Gasteiger charge is 2.18. The first-order chi connectivity index (χ1) is 12.9. The Morgan fingerprint density at radius 3 is 2.41 bits per heavy atom. The molecule has 0 aliphatic heterocycles. The fourth-order valence-electron chi connectivity index (χ4n) is 2.66. The van der Waals surface area contributed by atoms with Gasteiger partial charge in [0.05, 0.1) is 25.6 Å². The summed E-state index contributed by atoms with van der Waals surface area (Å²) in [7, 11) is 3.05. The Kier molecular flexibility index (Phi) is 7.07. The van der Waals surface area contributed by atoms with E-state index < -0.39 is 0 Å². The molecule has 2 aromatic rings. The third-order valence-corrected chi connectivity index (χ3v) is 4.48. The molecule has 1 N–H and O–H groups in total. The van der Waals surface area contributed by atoms with Gasteiger partial charge in [-0.3, -0.25) is 9.59 Å². The lowest BCUT2D eigenvalue weighted by molar-refractivity contribution is -0.117. The molecule has 0 fully saturated rings. The molecule has 2 amide bonds. The number of para-hydroxylation sites is 2. The van der Waals surface area contributed by atoms with Gasteiger partial charge in [-0.2, -0.15) is 0 Å².